The van der Waals surface area contributed by atoms with E-state index in [1.807, 2.05) is 34.6 Å². The zero-order valence-electron chi connectivity index (χ0n) is 10.5. The average molecular weight is 225 g/mol. The van der Waals surface area contributed by atoms with Crippen LogP contribution in [0.25, 0.3) is 0 Å². The molecule has 1 aromatic heterocycles. The van der Waals surface area contributed by atoms with Gasteiger partial charge in [0.05, 0.1) is 12.0 Å². The minimum absolute atomic E-state index is 0.0208. The molecule has 4 heteroatoms. The van der Waals surface area contributed by atoms with Gasteiger partial charge in [0.2, 0.25) is 0 Å². The van der Waals surface area contributed by atoms with Crippen LogP contribution in [0.5, 0.6) is 0 Å². The van der Waals surface area contributed by atoms with E-state index >= 15 is 0 Å². The van der Waals surface area contributed by atoms with Crippen molar-refractivity contribution in [3.8, 4) is 0 Å². The van der Waals surface area contributed by atoms with Crippen molar-refractivity contribution in [3.05, 3.63) is 18.6 Å². The summed E-state index contributed by atoms with van der Waals surface area (Å²) in [4.78, 5) is 13.5. The molecule has 0 spiro atoms. The molecule has 16 heavy (non-hydrogen) atoms. The van der Waals surface area contributed by atoms with Crippen LogP contribution in [0.3, 0.4) is 0 Å². The van der Waals surface area contributed by atoms with Crippen LogP contribution in [-0.4, -0.2) is 17.7 Å². The molecule has 0 aliphatic rings. The number of carbonyl (C=O) groups is 1. The molecule has 1 heterocycles. The first-order valence-corrected chi connectivity index (χ1v) is 5.35. The molecule has 4 nitrogen and oxygen atoms in total. The van der Waals surface area contributed by atoms with Crippen molar-refractivity contribution in [2.45, 2.75) is 46.3 Å². The maximum Gasteiger partial charge on any atom is 0.415 e. The van der Waals surface area contributed by atoms with Crippen LogP contribution in [0.1, 0.15) is 34.6 Å². The second kappa shape index (κ2) is 4.60. The molecule has 0 aromatic carbocycles. The Morgan fingerprint density at radius 1 is 1.44 bits per heavy atom. The zero-order chi connectivity index (χ0) is 12.3. The van der Waals surface area contributed by atoms with E-state index < -0.39 is 5.60 Å². The Kier molecular flexibility index (Phi) is 3.62. The summed E-state index contributed by atoms with van der Waals surface area (Å²) in [7, 11) is 0. The van der Waals surface area contributed by atoms with Gasteiger partial charge in [-0.3, -0.25) is 4.90 Å². The predicted molar refractivity (Wildman–Crippen MR) is 62.6 cm³/mol. The van der Waals surface area contributed by atoms with Gasteiger partial charge in [0.15, 0.2) is 0 Å². The summed E-state index contributed by atoms with van der Waals surface area (Å²) in [5.74, 6) is 0. The molecule has 0 atom stereocenters. The van der Waals surface area contributed by atoms with E-state index in [-0.39, 0.29) is 12.1 Å². The lowest BCUT2D eigenvalue weighted by Gasteiger charge is -2.28. The van der Waals surface area contributed by atoms with Gasteiger partial charge in [0.25, 0.3) is 0 Å². The molecular weight excluding hydrogens is 206 g/mol. The zero-order valence-corrected chi connectivity index (χ0v) is 10.5. The monoisotopic (exact) mass is 225 g/mol. The molecule has 0 aliphatic carbocycles. The third-order valence-electron chi connectivity index (χ3n) is 1.89. The molecule has 0 bridgehead atoms. The Morgan fingerprint density at radius 2 is 2.06 bits per heavy atom. The van der Waals surface area contributed by atoms with Crippen LogP contribution in [-0.2, 0) is 4.74 Å². The van der Waals surface area contributed by atoms with E-state index in [4.69, 9.17) is 9.15 Å². The van der Waals surface area contributed by atoms with Crippen molar-refractivity contribution in [2.24, 2.45) is 0 Å². The van der Waals surface area contributed by atoms with Gasteiger partial charge in [-0.05, 0) is 34.6 Å². The van der Waals surface area contributed by atoms with Crippen molar-refractivity contribution in [3.63, 3.8) is 0 Å². The second-order valence-corrected chi connectivity index (χ2v) is 4.93. The minimum Gasteiger partial charge on any atom is -0.470 e. The predicted octanol–water partition coefficient (Wildman–Crippen LogP) is 3.43. The maximum absolute atomic E-state index is 12.0. The fraction of sp³-hybridized carbons (Fsp3) is 0.583. The molecule has 0 aliphatic heterocycles. The molecule has 0 unspecified atom stereocenters. The highest BCUT2D eigenvalue weighted by molar-refractivity contribution is 5.88. The summed E-state index contributed by atoms with van der Waals surface area (Å²) in [6, 6.07) is 1.76. The maximum atomic E-state index is 12.0. The largest absolute Gasteiger partial charge is 0.470 e. The normalized spacial score (nSPS) is 11.6. The Balaban J connectivity index is 2.84. The van der Waals surface area contributed by atoms with E-state index in [0.717, 1.165) is 0 Å². The van der Waals surface area contributed by atoms with Crippen molar-refractivity contribution in [1.29, 1.82) is 0 Å². The lowest BCUT2D eigenvalue weighted by molar-refractivity contribution is 0.0570. The first kappa shape index (κ1) is 12.6. The number of rotatable bonds is 2. The van der Waals surface area contributed by atoms with E-state index in [0.29, 0.717) is 5.69 Å². The van der Waals surface area contributed by atoms with Crippen LogP contribution in [0.4, 0.5) is 10.5 Å². The molecular formula is C12H19NO3. The van der Waals surface area contributed by atoms with Gasteiger partial charge in [-0.2, -0.15) is 0 Å². The number of ether oxygens (including phenoxy) is 1. The van der Waals surface area contributed by atoms with Gasteiger partial charge in [-0.25, -0.2) is 4.79 Å². The van der Waals surface area contributed by atoms with Crippen LogP contribution in [0.15, 0.2) is 23.0 Å². The second-order valence-electron chi connectivity index (χ2n) is 4.93. The van der Waals surface area contributed by atoms with Crippen LogP contribution in [0.2, 0.25) is 0 Å². The van der Waals surface area contributed by atoms with Crippen molar-refractivity contribution in [1.82, 2.24) is 0 Å². The molecule has 1 rings (SSSR count). The standard InChI is InChI=1S/C12H19NO3/c1-9(2)13(10-6-7-15-8-10)11(14)16-12(3,4)5/h6-9H,1-5H3. The topological polar surface area (TPSA) is 42.7 Å². The van der Waals surface area contributed by atoms with Crippen LogP contribution >= 0.6 is 0 Å². The summed E-state index contributed by atoms with van der Waals surface area (Å²) < 4.78 is 10.3. The van der Waals surface area contributed by atoms with Crippen molar-refractivity contribution >= 4 is 11.8 Å². The van der Waals surface area contributed by atoms with Crippen LogP contribution < -0.4 is 4.90 Å². The minimum atomic E-state index is -0.492. The molecule has 0 saturated heterocycles. The van der Waals surface area contributed by atoms with E-state index in [1.54, 1.807) is 11.0 Å². The first-order valence-electron chi connectivity index (χ1n) is 5.35. The number of amides is 1. The van der Waals surface area contributed by atoms with Gasteiger partial charge >= 0.3 is 6.09 Å². The van der Waals surface area contributed by atoms with Gasteiger partial charge in [-0.15, -0.1) is 0 Å². The Hall–Kier alpha value is -1.45. The average Bonchev–Trinajstić information content (AvgIpc) is 2.52. The molecule has 90 valence electrons. The highest BCUT2D eigenvalue weighted by atomic mass is 16.6. The fourth-order valence-electron chi connectivity index (χ4n) is 1.32. The third-order valence-corrected chi connectivity index (χ3v) is 1.89. The SMILES string of the molecule is CC(C)N(C(=O)OC(C)(C)C)c1ccoc1. The van der Waals surface area contributed by atoms with E-state index in [2.05, 4.69) is 0 Å². The number of nitrogens with zero attached hydrogens (tertiary/aromatic N) is 1. The number of hydrogen-bond acceptors (Lipinski definition) is 3. The molecule has 0 N–H and O–H groups in total. The molecule has 0 radical (unpaired) electrons. The van der Waals surface area contributed by atoms with Crippen molar-refractivity contribution in [2.75, 3.05) is 4.90 Å². The number of furan rings is 1. The molecule has 0 saturated carbocycles. The smallest absolute Gasteiger partial charge is 0.415 e. The van der Waals surface area contributed by atoms with E-state index in [1.165, 1.54) is 12.5 Å². The third kappa shape index (κ3) is 3.29. The van der Waals surface area contributed by atoms with Gasteiger partial charge < -0.3 is 9.15 Å². The van der Waals surface area contributed by atoms with E-state index in [9.17, 15) is 4.79 Å². The molecule has 1 aromatic rings. The summed E-state index contributed by atoms with van der Waals surface area (Å²) in [6.45, 7) is 9.39. The first-order chi connectivity index (χ1) is 7.31. The highest BCUT2D eigenvalue weighted by Gasteiger charge is 2.25. The highest BCUT2D eigenvalue weighted by Crippen LogP contribution is 2.20. The van der Waals surface area contributed by atoms with Gasteiger partial charge in [0, 0.05) is 12.1 Å². The number of hydrogen-bond donors (Lipinski definition) is 0. The van der Waals surface area contributed by atoms with Gasteiger partial charge in [0.1, 0.15) is 11.9 Å². The number of carbonyl (C=O) groups excluding carboxylic acids is 1. The summed E-state index contributed by atoms with van der Waals surface area (Å²) >= 11 is 0. The molecule has 0 fully saturated rings. The van der Waals surface area contributed by atoms with Gasteiger partial charge in [-0.1, -0.05) is 0 Å². The van der Waals surface area contributed by atoms with Crippen molar-refractivity contribution < 1.29 is 13.9 Å². The Bertz CT molecular complexity index is 336. The lowest BCUT2D eigenvalue weighted by Crippen LogP contribution is -2.40. The van der Waals surface area contributed by atoms with Crippen LogP contribution in [0, 0.1) is 0 Å². The lowest BCUT2D eigenvalue weighted by atomic mass is 10.2. The Labute approximate surface area is 96.2 Å². The quantitative estimate of drug-likeness (QED) is 0.774. The summed E-state index contributed by atoms with van der Waals surface area (Å²) in [5.41, 5.74) is 0.220. The summed E-state index contributed by atoms with van der Waals surface area (Å²) in [5, 5.41) is 0. The molecule has 1 amide bonds. The number of anilines is 1. The fourth-order valence-corrected chi connectivity index (χ4v) is 1.32. The Morgan fingerprint density at radius 3 is 2.44 bits per heavy atom. The summed E-state index contributed by atoms with van der Waals surface area (Å²) in [6.07, 6.45) is 2.71.